The van der Waals surface area contributed by atoms with Crippen LogP contribution in [-0.4, -0.2) is 66.7 Å². The lowest BCUT2D eigenvalue weighted by Gasteiger charge is -2.37. The van der Waals surface area contributed by atoms with Crippen molar-refractivity contribution in [1.82, 2.24) is 10.2 Å². The quantitative estimate of drug-likeness (QED) is 0.401. The molecule has 1 aliphatic heterocycles. The fraction of sp³-hybridized carbons (Fsp3) is 0.545. The molecule has 1 N–H and O–H groups in total. The van der Waals surface area contributed by atoms with Crippen molar-refractivity contribution >= 4 is 30.1 Å². The van der Waals surface area contributed by atoms with Crippen molar-refractivity contribution in [1.29, 1.82) is 0 Å². The molecule has 182 valence electrons. The van der Waals surface area contributed by atoms with Crippen LogP contribution in [0.5, 0.6) is 0 Å². The third-order valence-corrected chi connectivity index (χ3v) is 4.33. The maximum Gasteiger partial charge on any atom is 0.437 e. The Labute approximate surface area is 191 Å². The highest BCUT2D eigenvalue weighted by molar-refractivity contribution is 5.99. The van der Waals surface area contributed by atoms with Gasteiger partial charge < -0.3 is 19.3 Å². The van der Waals surface area contributed by atoms with E-state index in [1.807, 2.05) is 0 Å². The summed E-state index contributed by atoms with van der Waals surface area (Å²) in [5, 5.41) is 2.48. The summed E-state index contributed by atoms with van der Waals surface area (Å²) in [5.41, 5.74) is -1.88. The van der Waals surface area contributed by atoms with Gasteiger partial charge in [0, 0.05) is 31.9 Å². The Kier molecular flexibility index (Phi) is 7.99. The Bertz CT molecular complexity index is 907. The van der Waals surface area contributed by atoms with E-state index in [-0.39, 0.29) is 31.0 Å². The minimum Gasteiger partial charge on any atom is -0.444 e. The molecule has 33 heavy (non-hydrogen) atoms. The fourth-order valence-electron chi connectivity index (χ4n) is 2.99. The van der Waals surface area contributed by atoms with Crippen molar-refractivity contribution in [2.45, 2.75) is 52.7 Å². The highest BCUT2D eigenvalue weighted by atomic mass is 19.1. The molecule has 2 rings (SSSR count). The van der Waals surface area contributed by atoms with Crippen LogP contribution in [0.4, 0.5) is 24.1 Å². The summed E-state index contributed by atoms with van der Waals surface area (Å²) in [6.07, 6.45) is -1.54. The second-order valence-electron chi connectivity index (χ2n) is 9.46. The molecule has 0 bridgehead atoms. The number of nitrogens with one attached hydrogen (secondary N) is 1. The highest BCUT2D eigenvalue weighted by Gasteiger charge is 2.26. The van der Waals surface area contributed by atoms with Crippen molar-refractivity contribution in [2.24, 2.45) is 4.99 Å². The Morgan fingerprint density at radius 2 is 1.48 bits per heavy atom. The van der Waals surface area contributed by atoms with Gasteiger partial charge in [0.2, 0.25) is 5.96 Å². The normalized spacial score (nSPS) is 15.2. The minimum atomic E-state index is -0.943. The van der Waals surface area contributed by atoms with Gasteiger partial charge in [0.25, 0.3) is 0 Å². The second-order valence-corrected chi connectivity index (χ2v) is 9.46. The number of guanidine groups is 1. The summed E-state index contributed by atoms with van der Waals surface area (Å²) in [5.74, 6) is -1.94. The second kappa shape index (κ2) is 10.1. The van der Waals surface area contributed by atoms with E-state index in [0.717, 1.165) is 12.1 Å². The van der Waals surface area contributed by atoms with Gasteiger partial charge in [0.15, 0.2) is 6.29 Å². The number of carbonyl (C=O) groups excluding carboxylic acids is 3. The zero-order valence-electron chi connectivity index (χ0n) is 19.7. The molecule has 2 amide bonds. The number of halogens is 2. The molecule has 0 atom stereocenters. The number of ether oxygens (including phenoxy) is 2. The number of anilines is 1. The number of amides is 2. The molecule has 11 heteroatoms. The number of carbonyl (C=O) groups is 3. The SMILES string of the molecule is CC(C)(C)OC(=O)N=C(NC(=O)OC(C)(C)C)N1CCN(c2cc(F)c(C=O)c(F)c2)CC1. The standard InChI is InChI=1S/C22H30F2N4O5/c1-21(2,3)32-19(30)25-18(26-20(31)33-22(4,5)6)28-9-7-27(8-10-28)14-11-16(23)15(13-29)17(24)12-14/h11-13H,7-10H2,1-6H3,(H,25,26,30,31). The molecule has 1 aromatic rings. The average Bonchev–Trinajstić information content (AvgIpc) is 2.64. The lowest BCUT2D eigenvalue weighted by Crippen LogP contribution is -2.54. The Balaban J connectivity index is 2.17. The predicted molar refractivity (Wildman–Crippen MR) is 119 cm³/mol. The molecule has 1 heterocycles. The largest absolute Gasteiger partial charge is 0.444 e. The Morgan fingerprint density at radius 1 is 0.970 bits per heavy atom. The number of piperazine rings is 1. The van der Waals surface area contributed by atoms with Gasteiger partial charge in [-0.2, -0.15) is 0 Å². The maximum atomic E-state index is 14.0. The van der Waals surface area contributed by atoms with E-state index in [9.17, 15) is 23.2 Å². The molecule has 1 aromatic carbocycles. The molecule has 0 radical (unpaired) electrons. The zero-order chi connectivity index (χ0) is 25.0. The van der Waals surface area contributed by atoms with Crippen LogP contribution in [0.1, 0.15) is 51.9 Å². The third-order valence-electron chi connectivity index (χ3n) is 4.33. The molecule has 1 fully saturated rings. The first-order chi connectivity index (χ1) is 15.2. The molecule has 1 saturated heterocycles. The first-order valence-corrected chi connectivity index (χ1v) is 10.4. The molecular formula is C22H30F2N4O5. The van der Waals surface area contributed by atoms with Gasteiger partial charge in [-0.25, -0.2) is 18.4 Å². The van der Waals surface area contributed by atoms with Gasteiger partial charge in [0.1, 0.15) is 22.8 Å². The van der Waals surface area contributed by atoms with Crippen molar-refractivity contribution in [3.8, 4) is 0 Å². The minimum absolute atomic E-state index is 0.0492. The van der Waals surface area contributed by atoms with Crippen LogP contribution in [0.15, 0.2) is 17.1 Å². The van der Waals surface area contributed by atoms with Gasteiger partial charge in [-0.3, -0.25) is 10.1 Å². The monoisotopic (exact) mass is 468 g/mol. The van der Waals surface area contributed by atoms with E-state index in [0.29, 0.717) is 13.1 Å². The van der Waals surface area contributed by atoms with Crippen LogP contribution in [0.25, 0.3) is 0 Å². The van der Waals surface area contributed by atoms with Gasteiger partial charge in [-0.05, 0) is 53.7 Å². The summed E-state index contributed by atoms with van der Waals surface area (Å²) in [7, 11) is 0. The number of rotatable bonds is 2. The number of nitrogens with zero attached hydrogens (tertiary/aromatic N) is 3. The van der Waals surface area contributed by atoms with Gasteiger partial charge >= 0.3 is 12.2 Å². The van der Waals surface area contributed by atoms with E-state index < -0.39 is 40.6 Å². The van der Waals surface area contributed by atoms with E-state index in [4.69, 9.17) is 9.47 Å². The van der Waals surface area contributed by atoms with Gasteiger partial charge in [0.05, 0.1) is 5.56 Å². The smallest absolute Gasteiger partial charge is 0.437 e. The highest BCUT2D eigenvalue weighted by Crippen LogP contribution is 2.22. The summed E-state index contributed by atoms with van der Waals surface area (Å²) in [6, 6.07) is 2.19. The summed E-state index contributed by atoms with van der Waals surface area (Å²) >= 11 is 0. The summed E-state index contributed by atoms with van der Waals surface area (Å²) < 4.78 is 38.4. The number of hydrogen-bond acceptors (Lipinski definition) is 6. The average molecular weight is 469 g/mol. The van der Waals surface area contributed by atoms with Crippen LogP contribution >= 0.6 is 0 Å². The third kappa shape index (κ3) is 7.99. The van der Waals surface area contributed by atoms with Crippen LogP contribution in [0.3, 0.4) is 0 Å². The molecule has 0 aliphatic carbocycles. The van der Waals surface area contributed by atoms with E-state index >= 15 is 0 Å². The summed E-state index contributed by atoms with van der Waals surface area (Å²) in [6.45, 7) is 11.3. The number of benzene rings is 1. The predicted octanol–water partition coefficient (Wildman–Crippen LogP) is 3.72. The van der Waals surface area contributed by atoms with Crippen molar-refractivity contribution < 1.29 is 32.6 Å². The zero-order valence-corrected chi connectivity index (χ0v) is 19.7. The van der Waals surface area contributed by atoms with E-state index in [1.54, 1.807) is 51.3 Å². The van der Waals surface area contributed by atoms with Crippen molar-refractivity contribution in [3.63, 3.8) is 0 Å². The molecular weight excluding hydrogens is 438 g/mol. The maximum absolute atomic E-state index is 14.0. The molecule has 9 nitrogen and oxygen atoms in total. The molecule has 0 unspecified atom stereocenters. The van der Waals surface area contributed by atoms with E-state index in [2.05, 4.69) is 10.3 Å². The lowest BCUT2D eigenvalue weighted by atomic mass is 10.1. The number of alkyl carbamates (subject to hydrolysis) is 1. The number of aldehydes is 1. The number of hydrogen-bond donors (Lipinski definition) is 1. The Hall–Kier alpha value is -3.24. The van der Waals surface area contributed by atoms with Gasteiger partial charge in [-0.15, -0.1) is 4.99 Å². The van der Waals surface area contributed by atoms with Crippen LogP contribution in [0, 0.1) is 11.6 Å². The fourth-order valence-corrected chi connectivity index (χ4v) is 2.99. The topological polar surface area (TPSA) is 101 Å². The van der Waals surface area contributed by atoms with Crippen LogP contribution in [0.2, 0.25) is 0 Å². The first kappa shape index (κ1) is 26.0. The van der Waals surface area contributed by atoms with Crippen molar-refractivity contribution in [3.05, 3.63) is 29.3 Å². The Morgan fingerprint density at radius 3 is 1.94 bits per heavy atom. The lowest BCUT2D eigenvalue weighted by molar-refractivity contribution is 0.0554. The van der Waals surface area contributed by atoms with Crippen molar-refractivity contribution in [2.75, 3.05) is 31.1 Å². The summed E-state index contributed by atoms with van der Waals surface area (Å²) in [4.78, 5) is 42.6. The van der Waals surface area contributed by atoms with Gasteiger partial charge in [-0.1, -0.05) is 0 Å². The molecule has 0 aromatic heterocycles. The van der Waals surface area contributed by atoms with Crippen LogP contribution in [-0.2, 0) is 9.47 Å². The van der Waals surface area contributed by atoms with Crippen LogP contribution < -0.4 is 10.2 Å². The first-order valence-electron chi connectivity index (χ1n) is 10.4. The molecule has 0 saturated carbocycles. The number of aliphatic imine (C=N–C) groups is 1. The molecule has 0 spiro atoms. The molecule has 1 aliphatic rings. The van der Waals surface area contributed by atoms with E-state index in [1.165, 1.54) is 0 Å².